The lowest BCUT2D eigenvalue weighted by molar-refractivity contribution is -0.132. The summed E-state index contributed by atoms with van der Waals surface area (Å²) in [7, 11) is -3.68. The Morgan fingerprint density at radius 2 is 1.71 bits per heavy atom. The average molecular weight is 485 g/mol. The van der Waals surface area contributed by atoms with Crippen LogP contribution in [0.15, 0.2) is 58.2 Å². The summed E-state index contributed by atoms with van der Waals surface area (Å²) in [6, 6.07) is 14.5. The van der Waals surface area contributed by atoms with Crippen LogP contribution in [0.25, 0.3) is 11.0 Å². The van der Waals surface area contributed by atoms with Gasteiger partial charge in [-0.3, -0.25) is 9.36 Å². The number of para-hydroxylation sites is 2. The molecule has 3 aromatic rings. The molecule has 1 aliphatic rings. The maximum atomic E-state index is 12.7. The molecule has 0 spiro atoms. The number of nitrogens with zero attached hydrogens (tertiary/aromatic N) is 2. The van der Waals surface area contributed by atoms with Crippen LogP contribution in [0.3, 0.4) is 0 Å². The van der Waals surface area contributed by atoms with Crippen LogP contribution in [0.5, 0.6) is 0 Å². The van der Waals surface area contributed by atoms with Gasteiger partial charge in [-0.05, 0) is 48.1 Å². The van der Waals surface area contributed by atoms with E-state index in [1.165, 1.54) is 0 Å². The first-order valence-electron chi connectivity index (χ1n) is 11.6. The molecule has 1 saturated heterocycles. The lowest BCUT2D eigenvalue weighted by atomic mass is 9.87. The Bertz CT molecular complexity index is 1330. The fourth-order valence-corrected chi connectivity index (χ4v) is 5.51. The quantitative estimate of drug-likeness (QED) is 0.561. The summed E-state index contributed by atoms with van der Waals surface area (Å²) in [6.45, 7) is 7.34. The molecule has 0 bridgehead atoms. The molecule has 4 rings (SSSR count). The van der Waals surface area contributed by atoms with Crippen molar-refractivity contribution in [3.8, 4) is 0 Å². The molecule has 2 aromatic carbocycles. The van der Waals surface area contributed by atoms with E-state index in [2.05, 4.69) is 30.5 Å². The Hall–Kier alpha value is -2.91. The number of hydrogen-bond donors (Lipinski definition) is 2. The third-order valence-electron chi connectivity index (χ3n) is 6.47. The van der Waals surface area contributed by atoms with Gasteiger partial charge in [0.25, 0.3) is 0 Å². The highest BCUT2D eigenvalue weighted by Crippen LogP contribution is 2.25. The first-order valence-corrected chi connectivity index (χ1v) is 13.1. The normalized spacial score (nSPS) is 15.7. The highest BCUT2D eigenvalue weighted by Gasteiger charge is 2.26. The van der Waals surface area contributed by atoms with Crippen LogP contribution in [-0.2, 0) is 20.2 Å². The predicted molar refractivity (Wildman–Crippen MR) is 132 cm³/mol. The van der Waals surface area contributed by atoms with Crippen LogP contribution >= 0.6 is 0 Å². The van der Waals surface area contributed by atoms with Gasteiger partial charge in [-0.15, -0.1) is 0 Å². The number of rotatable bonds is 6. The second-order valence-corrected chi connectivity index (χ2v) is 11.6. The number of carbonyl (C=O) groups is 1. The molecule has 2 heterocycles. The van der Waals surface area contributed by atoms with Gasteiger partial charge in [0.2, 0.25) is 15.9 Å². The zero-order valence-electron chi connectivity index (χ0n) is 19.9. The van der Waals surface area contributed by atoms with Crippen LogP contribution < -0.4 is 10.4 Å². The number of sulfonamides is 1. The van der Waals surface area contributed by atoms with E-state index in [1.807, 2.05) is 36.4 Å². The van der Waals surface area contributed by atoms with Crippen molar-refractivity contribution in [3.05, 3.63) is 64.6 Å². The fraction of sp³-hybridized carbons (Fsp3) is 0.440. The smallest absolute Gasteiger partial charge is 0.326 e. The largest absolute Gasteiger partial charge is 0.343 e. The van der Waals surface area contributed by atoms with Gasteiger partial charge < -0.3 is 9.88 Å². The first kappa shape index (κ1) is 24.2. The minimum absolute atomic E-state index is 0.0299. The molecule has 1 aliphatic heterocycles. The van der Waals surface area contributed by atoms with Gasteiger partial charge in [0.05, 0.1) is 15.9 Å². The molecule has 0 radical (unpaired) electrons. The number of nitrogens with one attached hydrogen (secondary N) is 2. The van der Waals surface area contributed by atoms with Crippen LogP contribution in [-0.4, -0.2) is 48.4 Å². The zero-order chi connectivity index (χ0) is 24.5. The molecule has 0 saturated carbocycles. The van der Waals surface area contributed by atoms with E-state index >= 15 is 0 Å². The number of piperidine rings is 1. The predicted octanol–water partition coefficient (Wildman–Crippen LogP) is 3.16. The van der Waals surface area contributed by atoms with E-state index in [9.17, 15) is 18.0 Å². The molecule has 2 N–H and O–H groups in total. The van der Waals surface area contributed by atoms with Crippen molar-refractivity contribution in [2.45, 2.75) is 56.4 Å². The average Bonchev–Trinajstić information content (AvgIpc) is 3.14. The van der Waals surface area contributed by atoms with Gasteiger partial charge in [-0.1, -0.05) is 45.0 Å². The van der Waals surface area contributed by atoms with Gasteiger partial charge in [0.1, 0.15) is 0 Å². The molecule has 1 aromatic heterocycles. The van der Waals surface area contributed by atoms with Crippen molar-refractivity contribution in [2.75, 3.05) is 19.6 Å². The number of benzene rings is 2. The Morgan fingerprint density at radius 1 is 1.06 bits per heavy atom. The van der Waals surface area contributed by atoms with Crippen LogP contribution in [0.2, 0.25) is 0 Å². The van der Waals surface area contributed by atoms with Crippen molar-refractivity contribution >= 4 is 27.0 Å². The van der Waals surface area contributed by atoms with E-state index in [0.29, 0.717) is 25.9 Å². The monoisotopic (exact) mass is 484 g/mol. The fourth-order valence-electron chi connectivity index (χ4n) is 4.48. The number of aromatic nitrogens is 2. The summed E-state index contributed by atoms with van der Waals surface area (Å²) < 4.78 is 29.5. The van der Waals surface area contributed by atoms with Gasteiger partial charge in [-0.2, -0.15) is 0 Å². The second-order valence-electron chi connectivity index (χ2n) is 9.85. The lowest BCUT2D eigenvalue weighted by Crippen LogP contribution is -2.41. The van der Waals surface area contributed by atoms with Crippen molar-refractivity contribution < 1.29 is 13.2 Å². The van der Waals surface area contributed by atoms with E-state index in [0.717, 1.165) is 16.6 Å². The number of likely N-dealkylation sites (tertiary alicyclic amines) is 1. The van der Waals surface area contributed by atoms with E-state index < -0.39 is 10.0 Å². The minimum atomic E-state index is -3.68. The SMILES string of the molecule is CC(C)(C)c1ccc(S(=O)(=O)NCCC(=O)N2CCC(n3c(=O)[nH]c4ccccc43)CC2)cc1. The topological polar surface area (TPSA) is 104 Å². The Balaban J connectivity index is 1.30. The number of H-pyrrole nitrogens is 1. The zero-order valence-corrected chi connectivity index (χ0v) is 20.7. The second kappa shape index (κ2) is 9.38. The molecule has 182 valence electrons. The third-order valence-corrected chi connectivity index (χ3v) is 7.94. The molecular weight excluding hydrogens is 452 g/mol. The first-order chi connectivity index (χ1) is 16.1. The van der Waals surface area contributed by atoms with Crippen LogP contribution in [0.4, 0.5) is 0 Å². The van der Waals surface area contributed by atoms with Gasteiger partial charge >= 0.3 is 5.69 Å². The molecule has 34 heavy (non-hydrogen) atoms. The van der Waals surface area contributed by atoms with Gasteiger partial charge in [-0.25, -0.2) is 17.9 Å². The molecule has 8 nitrogen and oxygen atoms in total. The Morgan fingerprint density at radius 3 is 2.35 bits per heavy atom. The van der Waals surface area contributed by atoms with E-state index in [1.54, 1.807) is 21.6 Å². The molecule has 1 amide bonds. The Kier molecular flexibility index (Phi) is 6.69. The van der Waals surface area contributed by atoms with Crippen molar-refractivity contribution in [1.82, 2.24) is 19.2 Å². The maximum Gasteiger partial charge on any atom is 0.326 e. The van der Waals surface area contributed by atoms with Gasteiger partial charge in [0.15, 0.2) is 0 Å². The summed E-state index contributed by atoms with van der Waals surface area (Å²) in [5.41, 5.74) is 2.56. The molecule has 0 aliphatic carbocycles. The standard InChI is InChI=1S/C25H32N4O4S/c1-25(2,3)18-8-10-20(11-9-18)34(32,33)26-15-12-23(30)28-16-13-19(14-17-28)29-22-7-5-4-6-21(22)27-24(29)31/h4-11,19,26H,12-17H2,1-3H3,(H,27,31). The summed E-state index contributed by atoms with van der Waals surface area (Å²) in [6.07, 6.45) is 1.45. The summed E-state index contributed by atoms with van der Waals surface area (Å²) in [5, 5.41) is 0. The molecule has 1 fully saturated rings. The minimum Gasteiger partial charge on any atom is -0.343 e. The van der Waals surface area contributed by atoms with Crippen LogP contribution in [0.1, 0.15) is 51.6 Å². The number of aromatic amines is 1. The number of imidazole rings is 1. The van der Waals surface area contributed by atoms with Crippen molar-refractivity contribution in [2.24, 2.45) is 0 Å². The Labute approximate surface area is 200 Å². The number of hydrogen-bond acceptors (Lipinski definition) is 4. The summed E-state index contributed by atoms with van der Waals surface area (Å²) in [5.74, 6) is -0.0875. The third kappa shape index (κ3) is 5.10. The van der Waals surface area contributed by atoms with Crippen molar-refractivity contribution in [3.63, 3.8) is 0 Å². The maximum absolute atomic E-state index is 12.7. The van der Waals surface area contributed by atoms with Crippen LogP contribution in [0, 0.1) is 0 Å². The molecule has 0 unspecified atom stereocenters. The van der Waals surface area contributed by atoms with Crippen molar-refractivity contribution in [1.29, 1.82) is 0 Å². The summed E-state index contributed by atoms with van der Waals surface area (Å²) in [4.78, 5) is 29.9. The van der Waals surface area contributed by atoms with E-state index in [-0.39, 0.29) is 40.9 Å². The molecular formula is C25H32N4O4S. The summed E-state index contributed by atoms with van der Waals surface area (Å²) >= 11 is 0. The highest BCUT2D eigenvalue weighted by atomic mass is 32.2. The highest BCUT2D eigenvalue weighted by molar-refractivity contribution is 7.89. The van der Waals surface area contributed by atoms with E-state index in [4.69, 9.17) is 0 Å². The number of carbonyl (C=O) groups excluding carboxylic acids is 1. The van der Waals surface area contributed by atoms with Gasteiger partial charge in [0, 0.05) is 32.1 Å². The number of fused-ring (bicyclic) bond motifs is 1. The number of amides is 1. The molecule has 0 atom stereocenters. The lowest BCUT2D eigenvalue weighted by Gasteiger charge is -2.32. The molecule has 9 heteroatoms.